The van der Waals surface area contributed by atoms with Crippen molar-refractivity contribution in [3.05, 3.63) is 18.0 Å². The Bertz CT molecular complexity index is 353. The van der Waals surface area contributed by atoms with E-state index < -0.39 is 5.60 Å². The monoisotopic (exact) mass is 236 g/mol. The zero-order valence-corrected chi connectivity index (χ0v) is 11.0. The summed E-state index contributed by atoms with van der Waals surface area (Å²) in [4.78, 5) is 0. The molecule has 0 aliphatic heterocycles. The lowest BCUT2D eigenvalue weighted by Gasteiger charge is -2.31. The summed E-state index contributed by atoms with van der Waals surface area (Å²) in [5, 5.41) is 15.1. The molecule has 1 heterocycles. The molecule has 1 fully saturated rings. The van der Waals surface area contributed by atoms with Gasteiger partial charge in [-0.2, -0.15) is 5.10 Å². The summed E-state index contributed by atoms with van der Waals surface area (Å²) in [5.41, 5.74) is 0.544. The fraction of sp³-hybridized carbons (Fsp3) is 0.786. The predicted molar refractivity (Wildman–Crippen MR) is 69.0 cm³/mol. The summed E-state index contributed by atoms with van der Waals surface area (Å²) in [6.07, 6.45) is 9.29. The first-order valence-electron chi connectivity index (χ1n) is 6.89. The topological polar surface area (TPSA) is 38.0 Å². The Labute approximate surface area is 104 Å². The minimum Gasteiger partial charge on any atom is -0.389 e. The quantitative estimate of drug-likeness (QED) is 0.872. The molecular formula is C14H24N2O. The number of rotatable bonds is 4. The molecule has 96 valence electrons. The van der Waals surface area contributed by atoms with E-state index in [-0.39, 0.29) is 0 Å². The molecule has 17 heavy (non-hydrogen) atoms. The van der Waals surface area contributed by atoms with Crippen LogP contribution in [0.5, 0.6) is 0 Å². The second kappa shape index (κ2) is 5.21. The fourth-order valence-corrected chi connectivity index (χ4v) is 2.63. The van der Waals surface area contributed by atoms with Gasteiger partial charge in [0.15, 0.2) is 0 Å². The van der Waals surface area contributed by atoms with Gasteiger partial charge in [-0.25, -0.2) is 0 Å². The second-order valence-electron chi connectivity index (χ2n) is 5.51. The van der Waals surface area contributed by atoms with Crippen LogP contribution < -0.4 is 0 Å². The molecule has 3 heteroatoms. The van der Waals surface area contributed by atoms with Gasteiger partial charge >= 0.3 is 0 Å². The zero-order chi connectivity index (χ0) is 12.3. The van der Waals surface area contributed by atoms with Gasteiger partial charge in [0, 0.05) is 18.7 Å². The van der Waals surface area contributed by atoms with Gasteiger partial charge in [0.05, 0.1) is 11.3 Å². The molecule has 0 spiro atoms. The number of hydrogen-bond acceptors (Lipinski definition) is 2. The van der Waals surface area contributed by atoms with Crippen LogP contribution in [0.4, 0.5) is 0 Å². The average molecular weight is 236 g/mol. The number of hydrogen-bond donors (Lipinski definition) is 1. The van der Waals surface area contributed by atoms with E-state index >= 15 is 0 Å². The molecule has 1 aliphatic carbocycles. The SMILES string of the molecule is CCC(C)n1ccc(CC2(O)CCCCC2)n1. The molecule has 1 aliphatic rings. The van der Waals surface area contributed by atoms with E-state index in [0.717, 1.165) is 44.2 Å². The van der Waals surface area contributed by atoms with E-state index in [1.165, 1.54) is 6.42 Å². The minimum atomic E-state index is -0.493. The van der Waals surface area contributed by atoms with Gasteiger partial charge in [-0.05, 0) is 32.3 Å². The van der Waals surface area contributed by atoms with Crippen LogP contribution in [0.3, 0.4) is 0 Å². The van der Waals surface area contributed by atoms with Crippen molar-refractivity contribution in [2.75, 3.05) is 0 Å². The Morgan fingerprint density at radius 2 is 2.12 bits per heavy atom. The zero-order valence-electron chi connectivity index (χ0n) is 11.0. The molecule has 1 unspecified atom stereocenters. The van der Waals surface area contributed by atoms with Crippen molar-refractivity contribution in [1.82, 2.24) is 9.78 Å². The maximum atomic E-state index is 10.5. The van der Waals surface area contributed by atoms with Gasteiger partial charge in [-0.1, -0.05) is 26.2 Å². The molecule has 1 atom stereocenters. The van der Waals surface area contributed by atoms with Crippen LogP contribution in [0.25, 0.3) is 0 Å². The van der Waals surface area contributed by atoms with Crippen LogP contribution in [-0.4, -0.2) is 20.5 Å². The minimum absolute atomic E-state index is 0.449. The normalized spacial score (nSPS) is 21.4. The van der Waals surface area contributed by atoms with Gasteiger partial charge < -0.3 is 5.11 Å². The molecule has 1 aromatic rings. The van der Waals surface area contributed by atoms with Gasteiger partial charge in [0.1, 0.15) is 0 Å². The van der Waals surface area contributed by atoms with Gasteiger partial charge in [0.2, 0.25) is 0 Å². The molecule has 0 amide bonds. The maximum Gasteiger partial charge on any atom is 0.0703 e. The van der Waals surface area contributed by atoms with Gasteiger partial charge in [-0.3, -0.25) is 4.68 Å². The molecule has 1 saturated carbocycles. The lowest BCUT2D eigenvalue weighted by Crippen LogP contribution is -2.34. The Morgan fingerprint density at radius 3 is 2.76 bits per heavy atom. The van der Waals surface area contributed by atoms with Crippen LogP contribution in [-0.2, 0) is 6.42 Å². The molecule has 3 nitrogen and oxygen atoms in total. The Kier molecular flexibility index (Phi) is 3.87. The third kappa shape index (κ3) is 3.09. The molecular weight excluding hydrogens is 212 g/mol. The van der Waals surface area contributed by atoms with Crippen LogP contribution >= 0.6 is 0 Å². The Morgan fingerprint density at radius 1 is 1.41 bits per heavy atom. The van der Waals surface area contributed by atoms with Crippen LogP contribution in [0, 0.1) is 0 Å². The molecule has 0 saturated heterocycles. The highest BCUT2D eigenvalue weighted by molar-refractivity contribution is 5.05. The van der Waals surface area contributed by atoms with E-state index in [1.807, 2.05) is 10.9 Å². The van der Waals surface area contributed by atoms with Gasteiger partial charge in [-0.15, -0.1) is 0 Å². The maximum absolute atomic E-state index is 10.5. The van der Waals surface area contributed by atoms with Crippen LogP contribution in [0.15, 0.2) is 12.3 Å². The van der Waals surface area contributed by atoms with Crippen molar-refractivity contribution in [1.29, 1.82) is 0 Å². The Hall–Kier alpha value is -0.830. The smallest absolute Gasteiger partial charge is 0.0703 e. The van der Waals surface area contributed by atoms with Crippen LogP contribution in [0.1, 0.15) is 64.1 Å². The van der Waals surface area contributed by atoms with Crippen molar-refractivity contribution < 1.29 is 5.11 Å². The molecule has 0 bridgehead atoms. The van der Waals surface area contributed by atoms with Crippen LogP contribution in [0.2, 0.25) is 0 Å². The highest BCUT2D eigenvalue weighted by Crippen LogP contribution is 2.30. The second-order valence-corrected chi connectivity index (χ2v) is 5.51. The van der Waals surface area contributed by atoms with E-state index in [1.54, 1.807) is 0 Å². The molecule has 2 rings (SSSR count). The number of aromatic nitrogens is 2. The third-order valence-electron chi connectivity index (χ3n) is 4.00. The molecule has 0 aromatic carbocycles. The highest BCUT2D eigenvalue weighted by Gasteiger charge is 2.30. The molecule has 1 aromatic heterocycles. The summed E-state index contributed by atoms with van der Waals surface area (Å²) in [5.74, 6) is 0. The standard InChI is InChI=1S/C14H24N2O/c1-3-12(2)16-10-7-13(15-16)11-14(17)8-5-4-6-9-14/h7,10,12,17H,3-6,8-9,11H2,1-2H3. The summed E-state index contributed by atoms with van der Waals surface area (Å²) in [6, 6.07) is 2.50. The van der Waals surface area contributed by atoms with E-state index in [4.69, 9.17) is 0 Å². The highest BCUT2D eigenvalue weighted by atomic mass is 16.3. The summed E-state index contributed by atoms with van der Waals surface area (Å²) >= 11 is 0. The van der Waals surface area contributed by atoms with Crippen molar-refractivity contribution >= 4 is 0 Å². The first-order chi connectivity index (χ1) is 8.13. The Balaban J connectivity index is 2.00. The van der Waals surface area contributed by atoms with Crippen molar-refractivity contribution in [2.45, 2.75) is 70.4 Å². The summed E-state index contributed by atoms with van der Waals surface area (Å²) in [6.45, 7) is 4.34. The van der Waals surface area contributed by atoms with E-state index in [2.05, 4.69) is 25.0 Å². The fourth-order valence-electron chi connectivity index (χ4n) is 2.63. The molecule has 1 N–H and O–H groups in total. The molecule has 0 radical (unpaired) electrons. The van der Waals surface area contributed by atoms with Crippen molar-refractivity contribution in [3.8, 4) is 0 Å². The lowest BCUT2D eigenvalue weighted by atomic mass is 9.82. The number of nitrogens with zero attached hydrogens (tertiary/aromatic N) is 2. The largest absolute Gasteiger partial charge is 0.389 e. The lowest BCUT2D eigenvalue weighted by molar-refractivity contribution is 0.00352. The predicted octanol–water partition coefficient (Wildman–Crippen LogP) is 3.09. The van der Waals surface area contributed by atoms with E-state index in [0.29, 0.717) is 6.04 Å². The summed E-state index contributed by atoms with van der Waals surface area (Å²) in [7, 11) is 0. The van der Waals surface area contributed by atoms with Crippen molar-refractivity contribution in [2.24, 2.45) is 0 Å². The first kappa shape index (κ1) is 12.6. The number of aliphatic hydroxyl groups is 1. The third-order valence-corrected chi connectivity index (χ3v) is 4.00. The van der Waals surface area contributed by atoms with Crippen molar-refractivity contribution in [3.63, 3.8) is 0 Å². The van der Waals surface area contributed by atoms with Gasteiger partial charge in [0.25, 0.3) is 0 Å². The average Bonchev–Trinajstić information content (AvgIpc) is 2.76. The van der Waals surface area contributed by atoms with E-state index in [9.17, 15) is 5.11 Å². The first-order valence-corrected chi connectivity index (χ1v) is 6.89. The summed E-state index contributed by atoms with van der Waals surface area (Å²) < 4.78 is 2.02.